The molecule has 1 saturated carbocycles. The van der Waals surface area contributed by atoms with E-state index in [1.54, 1.807) is 18.4 Å². The molecule has 1 aliphatic carbocycles. The van der Waals surface area contributed by atoms with E-state index in [1.807, 2.05) is 6.07 Å². The smallest absolute Gasteiger partial charge is 0.234 e. The van der Waals surface area contributed by atoms with Crippen LogP contribution in [0.1, 0.15) is 37.2 Å². The Hall–Kier alpha value is -2.63. The van der Waals surface area contributed by atoms with E-state index >= 15 is 0 Å². The first kappa shape index (κ1) is 14.0. The maximum atomic E-state index is 12.1. The minimum Gasteiger partial charge on any atom is -0.464 e. The second-order valence-electron chi connectivity index (χ2n) is 6.17. The van der Waals surface area contributed by atoms with Crippen LogP contribution < -0.4 is 10.6 Å². The Morgan fingerprint density at radius 1 is 1.22 bits per heavy atom. The number of carbonyl (C=O) groups is 3. The molecule has 6 nitrogen and oxygen atoms in total. The lowest BCUT2D eigenvalue weighted by molar-refractivity contribution is -0.134. The molecule has 1 unspecified atom stereocenters. The third-order valence-corrected chi connectivity index (χ3v) is 4.43. The van der Waals surface area contributed by atoms with Crippen molar-refractivity contribution in [2.75, 3.05) is 5.32 Å². The highest BCUT2D eigenvalue weighted by Gasteiger charge is 2.31. The summed E-state index contributed by atoms with van der Waals surface area (Å²) in [5.41, 5.74) is 2.12. The number of amides is 3. The first-order valence-corrected chi connectivity index (χ1v) is 7.77. The zero-order chi connectivity index (χ0) is 16.0. The van der Waals surface area contributed by atoms with Crippen LogP contribution in [0.5, 0.6) is 0 Å². The van der Waals surface area contributed by atoms with E-state index in [0.717, 1.165) is 23.8 Å². The number of rotatable bonds is 3. The van der Waals surface area contributed by atoms with Crippen molar-refractivity contribution in [2.24, 2.45) is 5.92 Å². The van der Waals surface area contributed by atoms with Crippen molar-refractivity contribution >= 4 is 34.4 Å². The number of nitrogens with one attached hydrogen (secondary N) is 2. The van der Waals surface area contributed by atoms with Crippen LogP contribution in [0.4, 0.5) is 5.69 Å². The molecule has 1 aromatic heterocycles. The molecule has 2 fully saturated rings. The molecule has 2 N–H and O–H groups in total. The number of fused-ring (bicyclic) bond motifs is 1. The molecule has 1 aromatic carbocycles. The summed E-state index contributed by atoms with van der Waals surface area (Å²) in [5.74, 6) is -0.767. The van der Waals surface area contributed by atoms with Gasteiger partial charge < -0.3 is 9.73 Å². The number of anilines is 1. The molecule has 2 heterocycles. The van der Waals surface area contributed by atoms with E-state index in [1.165, 1.54) is 0 Å². The van der Waals surface area contributed by atoms with E-state index in [4.69, 9.17) is 4.42 Å². The third-order valence-electron chi connectivity index (χ3n) is 4.43. The molecule has 0 radical (unpaired) electrons. The lowest BCUT2D eigenvalue weighted by Crippen LogP contribution is -2.39. The van der Waals surface area contributed by atoms with Gasteiger partial charge in [0.2, 0.25) is 17.7 Å². The van der Waals surface area contributed by atoms with Crippen molar-refractivity contribution in [3.8, 4) is 0 Å². The normalized spacial score (nSPS) is 21.3. The van der Waals surface area contributed by atoms with Crippen LogP contribution in [-0.2, 0) is 14.4 Å². The van der Waals surface area contributed by atoms with Crippen LogP contribution in [0.2, 0.25) is 0 Å². The van der Waals surface area contributed by atoms with Crippen LogP contribution in [0.15, 0.2) is 28.9 Å². The van der Waals surface area contributed by atoms with Crippen molar-refractivity contribution < 1.29 is 18.8 Å². The summed E-state index contributed by atoms with van der Waals surface area (Å²) in [6, 6.07) is 5.41. The minimum absolute atomic E-state index is 0.0374. The molecular formula is C17H16N2O4. The van der Waals surface area contributed by atoms with Gasteiger partial charge in [-0.2, -0.15) is 0 Å². The summed E-state index contributed by atoms with van der Waals surface area (Å²) in [5, 5.41) is 6.06. The standard InChI is InChI=1S/C17H16N2O4/c20-15-6-4-11(17(22)19-15)13-8-23-14-5-3-10(7-12(13)14)18-16(21)9-1-2-9/h3,5,7-9,11H,1-2,4,6H2,(H,18,21)(H,19,20,22). The number of hydrogen-bond donors (Lipinski definition) is 2. The van der Waals surface area contributed by atoms with Gasteiger partial charge in [0.25, 0.3) is 0 Å². The second-order valence-corrected chi connectivity index (χ2v) is 6.17. The van der Waals surface area contributed by atoms with Gasteiger partial charge >= 0.3 is 0 Å². The van der Waals surface area contributed by atoms with E-state index in [9.17, 15) is 14.4 Å². The molecule has 1 atom stereocenters. The maximum absolute atomic E-state index is 12.1. The fourth-order valence-corrected chi connectivity index (χ4v) is 2.98. The first-order chi connectivity index (χ1) is 11.1. The van der Waals surface area contributed by atoms with Gasteiger partial charge in [0.15, 0.2) is 0 Å². The van der Waals surface area contributed by atoms with Crippen molar-refractivity contribution in [2.45, 2.75) is 31.6 Å². The Bertz CT molecular complexity index is 819. The molecule has 1 aliphatic heterocycles. The molecule has 6 heteroatoms. The fraction of sp³-hybridized carbons (Fsp3) is 0.353. The Morgan fingerprint density at radius 3 is 2.78 bits per heavy atom. The van der Waals surface area contributed by atoms with Gasteiger partial charge in [-0.1, -0.05) is 0 Å². The highest BCUT2D eigenvalue weighted by molar-refractivity contribution is 6.03. The van der Waals surface area contributed by atoms with E-state index < -0.39 is 5.92 Å². The largest absolute Gasteiger partial charge is 0.464 e. The molecule has 23 heavy (non-hydrogen) atoms. The number of carbonyl (C=O) groups excluding carboxylic acids is 3. The van der Waals surface area contributed by atoms with Crippen molar-refractivity contribution in [3.05, 3.63) is 30.0 Å². The molecule has 0 bridgehead atoms. The number of furan rings is 1. The minimum atomic E-state index is -0.400. The highest BCUT2D eigenvalue weighted by atomic mass is 16.3. The Balaban J connectivity index is 1.65. The SMILES string of the molecule is O=C1CCC(c2coc3ccc(NC(=O)C4CC4)cc23)C(=O)N1. The lowest BCUT2D eigenvalue weighted by Gasteiger charge is -2.19. The van der Waals surface area contributed by atoms with Gasteiger partial charge in [-0.05, 0) is 37.5 Å². The highest BCUT2D eigenvalue weighted by Crippen LogP contribution is 2.35. The Labute approximate surface area is 132 Å². The van der Waals surface area contributed by atoms with Crippen molar-refractivity contribution in [1.29, 1.82) is 0 Å². The zero-order valence-electron chi connectivity index (χ0n) is 12.4. The summed E-state index contributed by atoms with van der Waals surface area (Å²) in [7, 11) is 0. The summed E-state index contributed by atoms with van der Waals surface area (Å²) >= 11 is 0. The average Bonchev–Trinajstić information content (AvgIpc) is 3.29. The van der Waals surface area contributed by atoms with Gasteiger partial charge in [0, 0.05) is 29.0 Å². The van der Waals surface area contributed by atoms with Crippen molar-refractivity contribution in [3.63, 3.8) is 0 Å². The van der Waals surface area contributed by atoms with Gasteiger partial charge in [-0.15, -0.1) is 0 Å². The predicted octanol–water partition coefficient (Wildman–Crippen LogP) is 2.30. The number of benzene rings is 1. The van der Waals surface area contributed by atoms with Gasteiger partial charge in [0.05, 0.1) is 12.2 Å². The van der Waals surface area contributed by atoms with E-state index in [-0.39, 0.29) is 23.6 Å². The lowest BCUT2D eigenvalue weighted by atomic mass is 9.90. The molecule has 0 spiro atoms. The van der Waals surface area contributed by atoms with E-state index in [2.05, 4.69) is 10.6 Å². The maximum Gasteiger partial charge on any atom is 0.234 e. The molecule has 118 valence electrons. The molecule has 3 amide bonds. The summed E-state index contributed by atoms with van der Waals surface area (Å²) in [4.78, 5) is 35.2. The molecule has 2 aromatic rings. The fourth-order valence-electron chi connectivity index (χ4n) is 2.98. The van der Waals surface area contributed by atoms with Crippen LogP contribution in [0, 0.1) is 5.92 Å². The first-order valence-electron chi connectivity index (χ1n) is 7.77. The average molecular weight is 312 g/mol. The van der Waals surface area contributed by atoms with Gasteiger partial charge in [-0.3, -0.25) is 19.7 Å². The van der Waals surface area contributed by atoms with Crippen LogP contribution in [0.25, 0.3) is 11.0 Å². The summed E-state index contributed by atoms with van der Waals surface area (Å²) in [6.45, 7) is 0. The number of imide groups is 1. The monoisotopic (exact) mass is 312 g/mol. The quantitative estimate of drug-likeness (QED) is 0.851. The number of hydrogen-bond acceptors (Lipinski definition) is 4. The molecule has 2 aliphatic rings. The molecular weight excluding hydrogens is 296 g/mol. The molecule has 1 saturated heterocycles. The third kappa shape index (κ3) is 2.60. The topological polar surface area (TPSA) is 88.4 Å². The van der Waals surface area contributed by atoms with Crippen LogP contribution >= 0.6 is 0 Å². The van der Waals surface area contributed by atoms with Crippen LogP contribution in [0.3, 0.4) is 0 Å². The predicted molar refractivity (Wildman–Crippen MR) is 82.7 cm³/mol. The van der Waals surface area contributed by atoms with E-state index in [0.29, 0.717) is 24.1 Å². The van der Waals surface area contributed by atoms with Gasteiger partial charge in [0.1, 0.15) is 5.58 Å². The Morgan fingerprint density at radius 2 is 2.04 bits per heavy atom. The summed E-state index contributed by atoms with van der Waals surface area (Å²) in [6.07, 6.45) is 4.25. The molecule has 4 rings (SSSR count). The van der Waals surface area contributed by atoms with Crippen LogP contribution in [-0.4, -0.2) is 17.7 Å². The Kier molecular flexibility index (Phi) is 3.18. The number of piperidine rings is 1. The summed E-state index contributed by atoms with van der Waals surface area (Å²) < 4.78 is 5.52. The van der Waals surface area contributed by atoms with Crippen molar-refractivity contribution in [1.82, 2.24) is 5.32 Å². The van der Waals surface area contributed by atoms with Gasteiger partial charge in [-0.25, -0.2) is 0 Å². The zero-order valence-corrected chi connectivity index (χ0v) is 12.4. The second kappa shape index (κ2) is 5.22.